The molecule has 3 aromatic heterocycles. The fraction of sp³-hybridized carbons (Fsp3) is 0.200. The molecule has 8 nitrogen and oxygen atoms in total. The Morgan fingerprint density at radius 3 is 2.74 bits per heavy atom. The number of likely N-dealkylation sites (tertiary alicyclic amines) is 1. The predicted octanol–water partition coefficient (Wildman–Crippen LogP) is 2.34. The van der Waals surface area contributed by atoms with E-state index in [1.54, 1.807) is 29.7 Å². The van der Waals surface area contributed by atoms with Gasteiger partial charge in [-0.1, -0.05) is 39.9 Å². The van der Waals surface area contributed by atoms with Crippen LogP contribution in [-0.2, 0) is 16.1 Å². The van der Waals surface area contributed by atoms with Crippen LogP contribution in [0.3, 0.4) is 0 Å². The van der Waals surface area contributed by atoms with E-state index in [0.29, 0.717) is 42.1 Å². The zero-order chi connectivity index (χ0) is 23.8. The monoisotopic (exact) mass is 519 g/mol. The first-order valence-electron chi connectivity index (χ1n) is 10.9. The van der Waals surface area contributed by atoms with Crippen LogP contribution in [0.4, 0.5) is 0 Å². The van der Waals surface area contributed by atoms with E-state index in [9.17, 15) is 14.7 Å². The molecule has 0 bridgehead atoms. The Hall–Kier alpha value is -3.72. The van der Waals surface area contributed by atoms with Crippen molar-refractivity contribution in [1.82, 2.24) is 19.3 Å². The van der Waals surface area contributed by atoms with Crippen molar-refractivity contribution in [3.8, 4) is 0 Å². The second kappa shape index (κ2) is 8.90. The number of nitrogens with one attached hydrogen (secondary N) is 1. The number of aryl methyl sites for hydroxylation is 2. The summed E-state index contributed by atoms with van der Waals surface area (Å²) in [4.78, 5) is 35.4. The van der Waals surface area contributed by atoms with Crippen LogP contribution in [0.2, 0.25) is 0 Å². The highest BCUT2D eigenvalue weighted by Crippen LogP contribution is 2.39. The van der Waals surface area contributed by atoms with Gasteiger partial charge in [0.15, 0.2) is 0 Å². The normalized spacial score (nSPS) is 17.7. The van der Waals surface area contributed by atoms with Crippen molar-refractivity contribution >= 4 is 39.0 Å². The molecule has 1 unspecified atom stereocenters. The summed E-state index contributed by atoms with van der Waals surface area (Å²) in [5, 5.41) is 13.8. The number of halogens is 1. The Balaban J connectivity index is 1.60. The number of fused-ring (bicyclic) bond motifs is 1. The van der Waals surface area contributed by atoms with Crippen LogP contribution in [0.15, 0.2) is 77.4 Å². The molecule has 34 heavy (non-hydrogen) atoms. The maximum atomic E-state index is 13.8. The Kier molecular flexibility index (Phi) is 5.79. The van der Waals surface area contributed by atoms with Gasteiger partial charge in [0.2, 0.25) is 12.1 Å². The van der Waals surface area contributed by atoms with Crippen LogP contribution in [0.1, 0.15) is 29.4 Å². The molecule has 1 aromatic carbocycles. The van der Waals surface area contributed by atoms with E-state index >= 15 is 0 Å². The summed E-state index contributed by atoms with van der Waals surface area (Å²) in [6.07, 6.45) is 7.92. The predicted molar refractivity (Wildman–Crippen MR) is 126 cm³/mol. The Morgan fingerprint density at radius 2 is 2.00 bits per heavy atom. The number of nitrogens with zero attached hydrogens (tertiary/aromatic N) is 4. The summed E-state index contributed by atoms with van der Waals surface area (Å²) in [7, 11) is 0. The topological polar surface area (TPSA) is 97.4 Å². The van der Waals surface area contributed by atoms with Gasteiger partial charge >= 0.3 is 0 Å². The molecule has 0 saturated carbocycles. The van der Waals surface area contributed by atoms with Crippen molar-refractivity contribution in [3.05, 3.63) is 94.4 Å². The number of carbonyl (C=O) groups excluding carboxylic acids is 2. The van der Waals surface area contributed by atoms with Crippen LogP contribution in [0, 0.1) is 6.92 Å². The number of Topliss-reactive ketones (excluding diaryl/α,β-unsaturated/α-hetero) is 1. The van der Waals surface area contributed by atoms with Crippen molar-refractivity contribution < 1.29 is 19.3 Å². The third-order valence-corrected chi connectivity index (χ3v) is 6.58. The van der Waals surface area contributed by atoms with Crippen molar-refractivity contribution in [3.63, 3.8) is 0 Å². The number of benzene rings is 1. The number of imidazole rings is 2. The van der Waals surface area contributed by atoms with E-state index in [0.717, 1.165) is 4.47 Å². The SMILES string of the molecule is Cc1nc2ccccn2c1C([O-])=C1C(=O)C(=O)N(CCC[n+]2cc[nH]c2)C1c1ccc(Br)cc1. The lowest BCUT2D eigenvalue weighted by atomic mass is 9.96. The minimum atomic E-state index is -0.759. The summed E-state index contributed by atoms with van der Waals surface area (Å²) in [6, 6.07) is 12.0. The average Bonchev–Trinajstić information content (AvgIpc) is 3.52. The smallest absolute Gasteiger partial charge is 0.295 e. The molecular weight excluding hydrogens is 498 g/mol. The Bertz CT molecular complexity index is 1410. The van der Waals surface area contributed by atoms with Crippen molar-refractivity contribution in [2.45, 2.75) is 25.9 Å². The molecule has 4 heterocycles. The molecule has 1 saturated heterocycles. The fourth-order valence-electron chi connectivity index (χ4n) is 4.49. The first-order chi connectivity index (χ1) is 16.5. The van der Waals surface area contributed by atoms with Crippen molar-refractivity contribution in [1.29, 1.82) is 0 Å². The number of carbonyl (C=O) groups is 2. The number of aromatic nitrogens is 4. The molecule has 1 atom stereocenters. The van der Waals surface area contributed by atoms with Gasteiger partial charge in [-0.15, -0.1) is 0 Å². The number of hydrogen-bond donors (Lipinski definition) is 1. The third-order valence-electron chi connectivity index (χ3n) is 6.05. The standard InChI is InChI=1S/C25H22BrN5O3/c1-16-21(30-12-3-2-5-19(30)28-16)23(32)20-22(17-6-8-18(26)9-7-17)31(25(34)24(20)33)13-4-11-29-14-10-27-15-29/h2-3,5-10,12,14-15,22H,4,11,13H2,1H3,(H,32,33). The lowest BCUT2D eigenvalue weighted by molar-refractivity contribution is -0.695. The van der Waals surface area contributed by atoms with E-state index in [1.165, 1.54) is 4.90 Å². The molecule has 1 fully saturated rings. The summed E-state index contributed by atoms with van der Waals surface area (Å²) in [5.41, 5.74) is 2.11. The summed E-state index contributed by atoms with van der Waals surface area (Å²) in [5.74, 6) is -1.87. The zero-order valence-corrected chi connectivity index (χ0v) is 20.0. The van der Waals surface area contributed by atoms with Gasteiger partial charge in [-0.25, -0.2) is 9.55 Å². The second-order valence-electron chi connectivity index (χ2n) is 8.20. The minimum absolute atomic E-state index is 0.0321. The van der Waals surface area contributed by atoms with E-state index in [4.69, 9.17) is 0 Å². The molecule has 5 rings (SSSR count). The van der Waals surface area contributed by atoms with E-state index in [-0.39, 0.29) is 5.57 Å². The summed E-state index contributed by atoms with van der Waals surface area (Å²) in [6.45, 7) is 2.75. The fourth-order valence-corrected chi connectivity index (χ4v) is 4.75. The molecule has 9 heteroatoms. The molecule has 172 valence electrons. The third kappa shape index (κ3) is 3.81. The number of H-pyrrole nitrogens is 1. The molecular formula is C25H22BrN5O3. The lowest BCUT2D eigenvalue weighted by Crippen LogP contribution is -2.36. The van der Waals surface area contributed by atoms with Crippen molar-refractivity contribution in [2.24, 2.45) is 0 Å². The average molecular weight is 520 g/mol. The summed E-state index contributed by atoms with van der Waals surface area (Å²) >= 11 is 3.43. The molecule has 0 aliphatic carbocycles. The largest absolute Gasteiger partial charge is 0.871 e. The van der Waals surface area contributed by atoms with Gasteiger partial charge in [-0.05, 0) is 36.8 Å². The quantitative estimate of drug-likeness (QED) is 0.183. The number of aromatic amines is 1. The first-order valence-corrected chi connectivity index (χ1v) is 11.7. The van der Waals surface area contributed by atoms with Gasteiger partial charge < -0.3 is 14.4 Å². The van der Waals surface area contributed by atoms with Crippen LogP contribution in [-0.4, -0.2) is 37.5 Å². The van der Waals surface area contributed by atoms with Crippen molar-refractivity contribution in [2.75, 3.05) is 6.54 Å². The molecule has 1 aliphatic rings. The van der Waals surface area contributed by atoms with Gasteiger partial charge in [0, 0.05) is 29.2 Å². The highest BCUT2D eigenvalue weighted by atomic mass is 79.9. The second-order valence-corrected chi connectivity index (χ2v) is 9.12. The number of ketones is 1. The van der Waals surface area contributed by atoms with Crippen LogP contribution < -0.4 is 9.67 Å². The molecule has 1 N–H and O–H groups in total. The molecule has 1 aliphatic heterocycles. The first kappa shape index (κ1) is 22.1. The van der Waals surface area contributed by atoms with Crippen LogP contribution in [0.25, 0.3) is 11.4 Å². The minimum Gasteiger partial charge on any atom is -0.871 e. The summed E-state index contributed by atoms with van der Waals surface area (Å²) < 4.78 is 4.51. The Morgan fingerprint density at radius 1 is 1.21 bits per heavy atom. The maximum Gasteiger partial charge on any atom is 0.295 e. The highest BCUT2D eigenvalue weighted by Gasteiger charge is 2.44. The maximum absolute atomic E-state index is 13.8. The van der Waals surface area contributed by atoms with Crippen LogP contribution in [0.5, 0.6) is 0 Å². The molecule has 0 spiro atoms. The number of amides is 1. The number of pyridine rings is 1. The van der Waals surface area contributed by atoms with Gasteiger partial charge in [-0.3, -0.25) is 14.6 Å². The lowest BCUT2D eigenvalue weighted by Gasteiger charge is -2.27. The van der Waals surface area contributed by atoms with Gasteiger partial charge in [0.1, 0.15) is 18.0 Å². The molecule has 4 aromatic rings. The number of hydrogen-bond acceptors (Lipinski definition) is 4. The van der Waals surface area contributed by atoms with E-state index in [2.05, 4.69) is 25.9 Å². The van der Waals surface area contributed by atoms with Crippen LogP contribution >= 0.6 is 15.9 Å². The number of rotatable bonds is 6. The van der Waals surface area contributed by atoms with Gasteiger partial charge in [0.05, 0.1) is 24.0 Å². The molecule has 1 amide bonds. The van der Waals surface area contributed by atoms with Gasteiger partial charge in [-0.2, -0.15) is 0 Å². The van der Waals surface area contributed by atoms with E-state index in [1.807, 2.05) is 53.6 Å². The zero-order valence-electron chi connectivity index (χ0n) is 18.4. The Labute approximate surface area is 204 Å². The highest BCUT2D eigenvalue weighted by molar-refractivity contribution is 9.10. The molecule has 0 radical (unpaired) electrons. The van der Waals surface area contributed by atoms with E-state index < -0.39 is 23.5 Å². The van der Waals surface area contributed by atoms with Gasteiger partial charge in [0.25, 0.3) is 5.91 Å².